The van der Waals surface area contributed by atoms with Crippen LogP contribution in [0, 0.1) is 40.5 Å². The summed E-state index contributed by atoms with van der Waals surface area (Å²) >= 11 is 0. The average molecular weight is 797 g/mol. The SMILES string of the molecule is O=[N+]([O-])c1ccccc1-c1c2nc(c(-c3ccccc3[N+](=O)[O-])c3ccc([nH]3)c(-c3ccccc3[N+](=O)[O-])c3nc(c(-c4ccccc4[N+](=O)[O-])c4ccc1[nH]4)CC3)C=C2. The van der Waals surface area contributed by atoms with Gasteiger partial charge in [0.15, 0.2) is 0 Å². The monoisotopic (exact) mass is 796 g/mol. The first-order chi connectivity index (χ1) is 29.1. The molecule has 0 unspecified atom stereocenters. The maximum atomic E-state index is 12.5. The van der Waals surface area contributed by atoms with Crippen LogP contribution in [0.3, 0.4) is 0 Å². The minimum Gasteiger partial charge on any atom is -0.354 e. The summed E-state index contributed by atoms with van der Waals surface area (Å²) in [6.45, 7) is 0. The summed E-state index contributed by atoms with van der Waals surface area (Å²) in [5.41, 5.74) is 4.71. The summed E-state index contributed by atoms with van der Waals surface area (Å²) in [5, 5.41) is 50.0. The summed E-state index contributed by atoms with van der Waals surface area (Å²) in [7, 11) is 0. The van der Waals surface area contributed by atoms with Crippen LogP contribution in [0.5, 0.6) is 0 Å². The third kappa shape index (κ3) is 6.29. The second-order valence-electron chi connectivity index (χ2n) is 13.9. The minimum absolute atomic E-state index is 0.186. The van der Waals surface area contributed by atoms with Gasteiger partial charge >= 0.3 is 0 Å². The molecular weight excluding hydrogens is 769 g/mol. The first-order valence-corrected chi connectivity index (χ1v) is 18.5. The molecule has 0 saturated heterocycles. The number of aromatic amines is 2. The van der Waals surface area contributed by atoms with Crippen LogP contribution in [0.15, 0.2) is 121 Å². The Balaban J connectivity index is 1.53. The van der Waals surface area contributed by atoms with Crippen LogP contribution in [-0.4, -0.2) is 39.6 Å². The second-order valence-corrected chi connectivity index (χ2v) is 13.9. The zero-order valence-corrected chi connectivity index (χ0v) is 31.1. The molecule has 16 nitrogen and oxygen atoms in total. The fraction of sp³-hybridized carbons (Fsp3) is 0.0455. The minimum atomic E-state index is -0.499. The zero-order valence-electron chi connectivity index (χ0n) is 31.1. The molecule has 292 valence electrons. The molecule has 8 bridgehead atoms. The molecule has 0 radical (unpaired) electrons. The number of nitrogens with zero attached hydrogens (tertiary/aromatic N) is 6. The van der Waals surface area contributed by atoms with Gasteiger partial charge in [-0.05, 0) is 73.5 Å². The number of nitrogens with one attached hydrogen (secondary N) is 2. The third-order valence-corrected chi connectivity index (χ3v) is 10.5. The van der Waals surface area contributed by atoms with E-state index in [1.807, 2.05) is 0 Å². The van der Waals surface area contributed by atoms with E-state index < -0.39 is 19.7 Å². The zero-order chi connectivity index (χ0) is 41.7. The number of aryl methyl sites for hydroxylation is 2. The summed E-state index contributed by atoms with van der Waals surface area (Å²) in [5.74, 6) is 0. The molecule has 0 fully saturated rings. The number of H-pyrrole nitrogens is 2. The first-order valence-electron chi connectivity index (χ1n) is 18.5. The smallest absolute Gasteiger partial charge is 0.277 e. The predicted octanol–water partition coefficient (Wildman–Crippen LogP) is 10.6. The molecule has 0 saturated carbocycles. The lowest BCUT2D eigenvalue weighted by Crippen LogP contribution is -1.96. The molecule has 5 heterocycles. The number of benzene rings is 4. The fourth-order valence-corrected chi connectivity index (χ4v) is 8.02. The lowest BCUT2D eigenvalue weighted by molar-refractivity contribution is -0.384. The Morgan fingerprint density at radius 1 is 0.383 bits per heavy atom. The van der Waals surface area contributed by atoms with E-state index in [0.717, 1.165) is 0 Å². The van der Waals surface area contributed by atoms with E-state index in [2.05, 4.69) is 9.97 Å². The van der Waals surface area contributed by atoms with Crippen LogP contribution in [0.25, 0.3) is 78.7 Å². The molecule has 60 heavy (non-hydrogen) atoms. The van der Waals surface area contributed by atoms with Gasteiger partial charge in [0.1, 0.15) is 0 Å². The molecule has 4 aromatic carbocycles. The van der Waals surface area contributed by atoms with E-state index in [0.29, 0.717) is 55.7 Å². The molecule has 0 amide bonds. The van der Waals surface area contributed by atoms with Crippen molar-refractivity contribution < 1.29 is 19.7 Å². The standard InChI is InChI=1S/C44H28N8O8/c53-49(54)37-13-5-1-9-25(37)41-29-17-19-31(45-29)42(26-10-2-6-14-38(26)50(55)56)33-21-23-35(47-33)44(28-12-4-8-16-40(28)52(59)60)36-24-22-34(48-36)43(32-20-18-30(41)46-32)27-11-3-7-15-39(27)51(57)58/h1-21,23,46-47H,22,24H2. The molecule has 3 aromatic heterocycles. The fourth-order valence-electron chi connectivity index (χ4n) is 8.02. The van der Waals surface area contributed by atoms with Gasteiger partial charge in [0.05, 0.1) is 64.7 Å². The molecule has 2 aliphatic rings. The van der Waals surface area contributed by atoms with Crippen molar-refractivity contribution in [2.75, 3.05) is 0 Å². The van der Waals surface area contributed by atoms with Gasteiger partial charge in [-0.25, -0.2) is 4.98 Å². The lowest BCUT2D eigenvalue weighted by Gasteiger charge is -2.08. The van der Waals surface area contributed by atoms with Gasteiger partial charge in [-0.15, -0.1) is 0 Å². The van der Waals surface area contributed by atoms with Crippen LogP contribution >= 0.6 is 0 Å². The Morgan fingerprint density at radius 3 is 0.983 bits per heavy atom. The van der Waals surface area contributed by atoms with Crippen LogP contribution in [0.4, 0.5) is 22.7 Å². The van der Waals surface area contributed by atoms with Gasteiger partial charge in [-0.1, -0.05) is 48.5 Å². The van der Waals surface area contributed by atoms with Gasteiger partial charge in [0.25, 0.3) is 22.7 Å². The lowest BCUT2D eigenvalue weighted by atomic mass is 9.99. The molecule has 2 N–H and O–H groups in total. The Kier molecular flexibility index (Phi) is 9.05. The summed E-state index contributed by atoms with van der Waals surface area (Å²) in [6.07, 6.45) is 3.89. The third-order valence-electron chi connectivity index (χ3n) is 10.5. The number of hydrogen-bond acceptors (Lipinski definition) is 10. The van der Waals surface area contributed by atoms with Crippen molar-refractivity contribution in [3.63, 3.8) is 0 Å². The van der Waals surface area contributed by atoms with Gasteiger partial charge in [-0.2, -0.15) is 0 Å². The molecule has 7 aromatic rings. The molecule has 0 spiro atoms. The van der Waals surface area contributed by atoms with Gasteiger partial charge < -0.3 is 9.97 Å². The second kappa shape index (κ2) is 14.7. The number of hydrogen-bond donors (Lipinski definition) is 2. The Morgan fingerprint density at radius 2 is 0.667 bits per heavy atom. The van der Waals surface area contributed by atoms with Crippen LogP contribution < -0.4 is 0 Å². The van der Waals surface area contributed by atoms with Crippen LogP contribution in [-0.2, 0) is 12.8 Å². The molecule has 0 aliphatic carbocycles. The number of fused-ring (bicyclic) bond motifs is 8. The summed E-state index contributed by atoms with van der Waals surface area (Å²) in [4.78, 5) is 65.0. The van der Waals surface area contributed by atoms with E-state index >= 15 is 0 Å². The van der Waals surface area contributed by atoms with Gasteiger partial charge in [-0.3, -0.25) is 45.4 Å². The Labute approximate surface area is 337 Å². The van der Waals surface area contributed by atoms with E-state index in [-0.39, 0.29) is 69.2 Å². The van der Waals surface area contributed by atoms with E-state index in [9.17, 15) is 40.5 Å². The van der Waals surface area contributed by atoms with Crippen LogP contribution in [0.1, 0.15) is 22.8 Å². The number of nitro benzene ring substituents is 4. The predicted molar refractivity (Wildman–Crippen MR) is 226 cm³/mol. The van der Waals surface area contributed by atoms with Gasteiger partial charge in [0, 0.05) is 68.6 Å². The largest absolute Gasteiger partial charge is 0.354 e. The van der Waals surface area contributed by atoms with Crippen molar-refractivity contribution in [3.8, 4) is 44.5 Å². The molecular formula is C44H28N8O8. The number of para-hydroxylation sites is 4. The van der Waals surface area contributed by atoms with Crippen molar-refractivity contribution in [1.82, 2.24) is 19.9 Å². The number of nitro groups is 4. The average Bonchev–Trinajstić information content (AvgIpc) is 4.09. The van der Waals surface area contributed by atoms with E-state index in [4.69, 9.17) is 9.97 Å². The Bertz CT molecular complexity index is 3000. The first kappa shape index (κ1) is 36.9. The highest BCUT2D eigenvalue weighted by Gasteiger charge is 2.28. The van der Waals surface area contributed by atoms with Gasteiger partial charge in [0.2, 0.25) is 0 Å². The van der Waals surface area contributed by atoms with Crippen molar-refractivity contribution in [2.45, 2.75) is 12.8 Å². The van der Waals surface area contributed by atoms with E-state index in [1.54, 1.807) is 109 Å². The van der Waals surface area contributed by atoms with E-state index in [1.165, 1.54) is 24.3 Å². The number of aromatic nitrogens is 4. The summed E-state index contributed by atoms with van der Waals surface area (Å²) in [6, 6.07) is 31.7. The number of rotatable bonds is 8. The molecule has 2 aliphatic heterocycles. The maximum Gasteiger partial charge on any atom is 0.277 e. The highest BCUT2D eigenvalue weighted by atomic mass is 16.6. The quantitative estimate of drug-likeness (QED) is 0.109. The maximum absolute atomic E-state index is 12.5. The van der Waals surface area contributed by atoms with Crippen molar-refractivity contribution in [1.29, 1.82) is 0 Å². The van der Waals surface area contributed by atoms with Crippen molar-refractivity contribution in [3.05, 3.63) is 185 Å². The van der Waals surface area contributed by atoms with Crippen molar-refractivity contribution in [2.24, 2.45) is 0 Å². The highest BCUT2D eigenvalue weighted by Crippen LogP contribution is 2.43. The molecule has 16 heteroatoms. The Hall–Kier alpha value is -8.66. The topological polar surface area (TPSA) is 230 Å². The van der Waals surface area contributed by atoms with Crippen molar-refractivity contribution >= 4 is 57.0 Å². The normalized spacial score (nSPS) is 12.0. The molecule has 9 rings (SSSR count). The van der Waals surface area contributed by atoms with Crippen LogP contribution in [0.2, 0.25) is 0 Å². The highest BCUT2D eigenvalue weighted by molar-refractivity contribution is 6.00. The summed E-state index contributed by atoms with van der Waals surface area (Å²) < 4.78 is 0. The molecule has 0 atom stereocenters.